The van der Waals surface area contributed by atoms with Gasteiger partial charge in [0.05, 0.1) is 13.2 Å². The zero-order valence-electron chi connectivity index (χ0n) is 9.73. The molecule has 0 rings (SSSR count). The number of rotatable bonds is 8. The second-order valence-corrected chi connectivity index (χ2v) is 3.41. The van der Waals surface area contributed by atoms with E-state index in [9.17, 15) is 14.4 Å². The monoisotopic (exact) mass is 244 g/mol. The minimum Gasteiger partial charge on any atom is -0.481 e. The Bertz CT molecular complexity index is 307. The lowest BCUT2D eigenvalue weighted by Gasteiger charge is -2.05. The molecule has 0 aliphatic heterocycles. The predicted octanol–water partition coefficient (Wildman–Crippen LogP) is 0.904. The summed E-state index contributed by atoms with van der Waals surface area (Å²) in [5.74, 6) is -2.44. The summed E-state index contributed by atoms with van der Waals surface area (Å²) in [5.41, 5.74) is 0.331. The first-order valence-electron chi connectivity index (χ1n) is 5.13. The van der Waals surface area contributed by atoms with Crippen LogP contribution >= 0.6 is 0 Å². The first-order chi connectivity index (χ1) is 7.93. The predicted molar refractivity (Wildman–Crippen MR) is 58.2 cm³/mol. The highest BCUT2D eigenvalue weighted by molar-refractivity contribution is 5.90. The lowest BCUT2D eigenvalue weighted by molar-refractivity contribution is -0.151. The van der Waals surface area contributed by atoms with Gasteiger partial charge in [-0.1, -0.05) is 6.58 Å². The van der Waals surface area contributed by atoms with Crippen LogP contribution in [-0.2, 0) is 23.9 Å². The van der Waals surface area contributed by atoms with Gasteiger partial charge in [-0.05, 0) is 19.8 Å². The highest BCUT2D eigenvalue weighted by Gasteiger charge is 2.08. The standard InChI is InChI=1S/C11H16O6/c1-8(2)11(15)17-6-4-3-5-16-10(14)7-9(12)13/h1,3-7H2,2H3,(H,12,13). The minimum atomic E-state index is -1.22. The Kier molecular flexibility index (Phi) is 7.41. The lowest BCUT2D eigenvalue weighted by atomic mass is 10.3. The van der Waals surface area contributed by atoms with Crippen LogP contribution in [0.2, 0.25) is 0 Å². The Hall–Kier alpha value is -1.85. The molecule has 0 unspecified atom stereocenters. The molecule has 1 N–H and O–H groups in total. The molecule has 0 saturated carbocycles. The van der Waals surface area contributed by atoms with Crippen LogP contribution in [0.15, 0.2) is 12.2 Å². The molecule has 0 fully saturated rings. The molecule has 6 heteroatoms. The Labute approximate surface area is 99.2 Å². The second kappa shape index (κ2) is 8.32. The molecule has 0 bridgehead atoms. The molecule has 0 aromatic carbocycles. The first kappa shape index (κ1) is 15.2. The van der Waals surface area contributed by atoms with E-state index >= 15 is 0 Å². The summed E-state index contributed by atoms with van der Waals surface area (Å²) in [7, 11) is 0. The number of hydrogen-bond donors (Lipinski definition) is 1. The molecule has 0 aliphatic carbocycles. The van der Waals surface area contributed by atoms with Crippen molar-refractivity contribution in [3.63, 3.8) is 0 Å². The Morgan fingerprint density at radius 2 is 1.65 bits per heavy atom. The van der Waals surface area contributed by atoms with Crippen LogP contribution in [-0.4, -0.2) is 36.2 Å². The molecule has 0 saturated heterocycles. The zero-order valence-corrected chi connectivity index (χ0v) is 9.73. The fraction of sp³-hybridized carbons (Fsp3) is 0.545. The summed E-state index contributed by atoms with van der Waals surface area (Å²) in [6, 6.07) is 0. The van der Waals surface area contributed by atoms with E-state index in [1.54, 1.807) is 6.92 Å². The molecule has 0 radical (unpaired) electrons. The van der Waals surface area contributed by atoms with Crippen molar-refractivity contribution < 1.29 is 29.0 Å². The van der Waals surface area contributed by atoms with Gasteiger partial charge in [-0.25, -0.2) is 4.79 Å². The van der Waals surface area contributed by atoms with Crippen molar-refractivity contribution in [1.29, 1.82) is 0 Å². The second-order valence-electron chi connectivity index (χ2n) is 3.41. The third-order valence-corrected chi connectivity index (χ3v) is 1.68. The maximum atomic E-state index is 10.9. The number of hydrogen-bond acceptors (Lipinski definition) is 5. The van der Waals surface area contributed by atoms with Crippen LogP contribution in [0.5, 0.6) is 0 Å². The number of carboxylic acids is 1. The summed E-state index contributed by atoms with van der Waals surface area (Å²) >= 11 is 0. The summed E-state index contributed by atoms with van der Waals surface area (Å²) in [4.78, 5) is 31.8. The van der Waals surface area contributed by atoms with E-state index in [1.165, 1.54) is 0 Å². The molecular weight excluding hydrogens is 228 g/mol. The Balaban J connectivity index is 3.41. The molecule has 0 heterocycles. The van der Waals surface area contributed by atoms with Crippen molar-refractivity contribution in [2.75, 3.05) is 13.2 Å². The molecule has 0 aromatic heterocycles. The molecule has 0 atom stereocenters. The van der Waals surface area contributed by atoms with E-state index < -0.39 is 24.3 Å². The average Bonchev–Trinajstić information content (AvgIpc) is 2.21. The molecule has 6 nitrogen and oxygen atoms in total. The number of esters is 2. The van der Waals surface area contributed by atoms with Crippen molar-refractivity contribution in [3.05, 3.63) is 12.2 Å². The molecular formula is C11H16O6. The van der Waals surface area contributed by atoms with E-state index in [0.29, 0.717) is 18.4 Å². The van der Waals surface area contributed by atoms with Gasteiger partial charge in [0.25, 0.3) is 0 Å². The van der Waals surface area contributed by atoms with Crippen LogP contribution in [0.25, 0.3) is 0 Å². The number of aliphatic carboxylic acids is 1. The van der Waals surface area contributed by atoms with Crippen LogP contribution in [0.1, 0.15) is 26.2 Å². The molecule has 0 aliphatic rings. The van der Waals surface area contributed by atoms with Gasteiger partial charge >= 0.3 is 17.9 Å². The number of ether oxygens (including phenoxy) is 2. The molecule has 0 amide bonds. The lowest BCUT2D eigenvalue weighted by Crippen LogP contribution is -2.12. The van der Waals surface area contributed by atoms with Gasteiger partial charge < -0.3 is 14.6 Å². The van der Waals surface area contributed by atoms with E-state index in [-0.39, 0.29) is 13.2 Å². The maximum absolute atomic E-state index is 10.9. The topological polar surface area (TPSA) is 89.9 Å². The summed E-state index contributed by atoms with van der Waals surface area (Å²) in [6.07, 6.45) is 0.416. The zero-order chi connectivity index (χ0) is 13.3. The van der Waals surface area contributed by atoms with Gasteiger partial charge in [0.15, 0.2) is 0 Å². The fourth-order valence-corrected chi connectivity index (χ4v) is 0.853. The van der Waals surface area contributed by atoms with Gasteiger partial charge in [0.2, 0.25) is 0 Å². The van der Waals surface area contributed by atoms with Crippen molar-refractivity contribution >= 4 is 17.9 Å². The Morgan fingerprint density at radius 1 is 1.12 bits per heavy atom. The Morgan fingerprint density at radius 3 is 2.12 bits per heavy atom. The maximum Gasteiger partial charge on any atom is 0.333 e. The van der Waals surface area contributed by atoms with Crippen LogP contribution < -0.4 is 0 Å². The van der Waals surface area contributed by atoms with Crippen LogP contribution in [0, 0.1) is 0 Å². The van der Waals surface area contributed by atoms with E-state index in [1.807, 2.05) is 0 Å². The molecule has 96 valence electrons. The quantitative estimate of drug-likeness (QED) is 0.295. The average molecular weight is 244 g/mol. The number of carboxylic acid groups (broad SMARTS) is 1. The normalized spacial score (nSPS) is 9.47. The van der Waals surface area contributed by atoms with Gasteiger partial charge in [-0.3, -0.25) is 9.59 Å². The third-order valence-electron chi connectivity index (χ3n) is 1.68. The number of carbonyl (C=O) groups is 3. The van der Waals surface area contributed by atoms with Gasteiger partial charge in [-0.2, -0.15) is 0 Å². The number of carbonyl (C=O) groups excluding carboxylic acids is 2. The first-order valence-corrected chi connectivity index (χ1v) is 5.13. The van der Waals surface area contributed by atoms with Crippen molar-refractivity contribution in [2.24, 2.45) is 0 Å². The van der Waals surface area contributed by atoms with Crippen LogP contribution in [0.3, 0.4) is 0 Å². The minimum absolute atomic E-state index is 0.122. The van der Waals surface area contributed by atoms with Gasteiger partial charge in [0.1, 0.15) is 6.42 Å². The molecule has 0 aromatic rings. The van der Waals surface area contributed by atoms with Gasteiger partial charge in [-0.15, -0.1) is 0 Å². The highest BCUT2D eigenvalue weighted by Crippen LogP contribution is 1.97. The summed E-state index contributed by atoms with van der Waals surface area (Å²) in [5, 5.41) is 8.27. The van der Waals surface area contributed by atoms with Crippen molar-refractivity contribution in [3.8, 4) is 0 Å². The third kappa shape index (κ3) is 9.10. The number of unbranched alkanes of at least 4 members (excludes halogenated alkanes) is 1. The molecule has 17 heavy (non-hydrogen) atoms. The van der Waals surface area contributed by atoms with E-state index in [2.05, 4.69) is 11.3 Å². The summed E-state index contributed by atoms with van der Waals surface area (Å²) < 4.78 is 9.43. The fourth-order valence-electron chi connectivity index (χ4n) is 0.853. The molecule has 0 spiro atoms. The SMILES string of the molecule is C=C(C)C(=O)OCCCCOC(=O)CC(=O)O. The highest BCUT2D eigenvalue weighted by atomic mass is 16.5. The van der Waals surface area contributed by atoms with E-state index in [4.69, 9.17) is 9.84 Å². The van der Waals surface area contributed by atoms with Crippen molar-refractivity contribution in [2.45, 2.75) is 26.2 Å². The van der Waals surface area contributed by atoms with Crippen molar-refractivity contribution in [1.82, 2.24) is 0 Å². The summed E-state index contributed by atoms with van der Waals surface area (Å²) in [6.45, 7) is 5.32. The van der Waals surface area contributed by atoms with Gasteiger partial charge in [0, 0.05) is 5.57 Å². The van der Waals surface area contributed by atoms with E-state index in [0.717, 1.165) is 0 Å². The smallest absolute Gasteiger partial charge is 0.333 e. The van der Waals surface area contributed by atoms with Crippen LogP contribution in [0.4, 0.5) is 0 Å². The largest absolute Gasteiger partial charge is 0.481 e.